The SMILES string of the molecule is Cc1ccc(C(C)C)c(Oc2cc(NC(=O)c3cc4n(n3)C(C(F)(F)F)CC(c3cccs3)N4)cc([N+](=O)[O-])c2)c1. The largest absolute Gasteiger partial charge is 0.457 e. The van der Waals surface area contributed by atoms with E-state index < -0.39 is 29.1 Å². The smallest absolute Gasteiger partial charge is 0.410 e. The van der Waals surface area contributed by atoms with Crippen LogP contribution < -0.4 is 15.4 Å². The van der Waals surface area contributed by atoms with Crippen molar-refractivity contribution in [3.05, 3.63) is 91.8 Å². The summed E-state index contributed by atoms with van der Waals surface area (Å²) < 4.78 is 48.7. The van der Waals surface area contributed by atoms with Crippen molar-refractivity contribution < 1.29 is 27.6 Å². The molecule has 2 atom stereocenters. The van der Waals surface area contributed by atoms with Gasteiger partial charge in [0.2, 0.25) is 0 Å². The molecule has 5 rings (SSSR count). The number of anilines is 2. The lowest BCUT2D eigenvalue weighted by atomic mass is 10.0. The van der Waals surface area contributed by atoms with Crippen molar-refractivity contribution in [2.45, 2.75) is 51.4 Å². The van der Waals surface area contributed by atoms with Gasteiger partial charge >= 0.3 is 6.18 Å². The summed E-state index contributed by atoms with van der Waals surface area (Å²) in [5.41, 5.74) is 1.24. The Bertz CT molecular complexity index is 1600. The minimum absolute atomic E-state index is 0.0284. The summed E-state index contributed by atoms with van der Waals surface area (Å²) in [4.78, 5) is 24.9. The van der Waals surface area contributed by atoms with Crippen LogP contribution in [0.25, 0.3) is 0 Å². The minimum Gasteiger partial charge on any atom is -0.457 e. The summed E-state index contributed by atoms with van der Waals surface area (Å²) in [6, 6.07) is 11.7. The average Bonchev–Trinajstić information content (AvgIpc) is 3.57. The van der Waals surface area contributed by atoms with Gasteiger partial charge in [-0.2, -0.15) is 18.3 Å². The topological polar surface area (TPSA) is 111 Å². The Hall–Kier alpha value is -4.39. The Labute approximate surface area is 237 Å². The third-order valence-corrected chi connectivity index (χ3v) is 7.67. The molecule has 0 fully saturated rings. The molecule has 214 valence electrons. The predicted octanol–water partition coefficient (Wildman–Crippen LogP) is 7.99. The first kappa shape index (κ1) is 28.1. The van der Waals surface area contributed by atoms with E-state index in [1.54, 1.807) is 17.5 Å². The fraction of sp³-hybridized carbons (Fsp3) is 0.286. The first-order chi connectivity index (χ1) is 19.4. The third kappa shape index (κ3) is 6.04. The summed E-state index contributed by atoms with van der Waals surface area (Å²) in [6.45, 7) is 5.87. The van der Waals surface area contributed by atoms with E-state index in [2.05, 4.69) is 15.7 Å². The van der Waals surface area contributed by atoms with E-state index in [4.69, 9.17) is 4.74 Å². The molecule has 1 aliphatic heterocycles. The molecule has 2 aromatic heterocycles. The molecule has 3 heterocycles. The Morgan fingerprint density at radius 2 is 2.00 bits per heavy atom. The highest BCUT2D eigenvalue weighted by Crippen LogP contribution is 2.44. The number of thiophene rings is 1. The summed E-state index contributed by atoms with van der Waals surface area (Å²) in [5.74, 6) is -0.0326. The van der Waals surface area contributed by atoms with Crippen LogP contribution in [0.5, 0.6) is 11.5 Å². The van der Waals surface area contributed by atoms with Crippen LogP contribution in [0.2, 0.25) is 0 Å². The molecule has 1 amide bonds. The maximum absolute atomic E-state index is 14.0. The molecule has 0 saturated heterocycles. The van der Waals surface area contributed by atoms with Crippen molar-refractivity contribution in [3.63, 3.8) is 0 Å². The zero-order valence-electron chi connectivity index (χ0n) is 22.2. The van der Waals surface area contributed by atoms with Gasteiger partial charge in [-0.05, 0) is 41.5 Å². The monoisotopic (exact) mass is 585 g/mol. The standard InChI is InChI=1S/C28H26F3N5O4S/c1-15(2)20-7-6-16(3)9-23(20)40-19-11-17(10-18(12-19)36(38)39)32-27(37)22-14-26-33-21(24-5-4-8-41-24)13-25(28(29,30)31)35(26)34-22/h4-12,14-15,21,25,33H,13H2,1-3H3,(H,32,37). The Morgan fingerprint density at radius 3 is 2.66 bits per heavy atom. The zero-order chi connectivity index (χ0) is 29.5. The second kappa shape index (κ2) is 10.9. The number of nitro groups is 1. The number of hydrogen-bond donors (Lipinski definition) is 2. The summed E-state index contributed by atoms with van der Waals surface area (Å²) in [6.07, 6.45) is -4.88. The number of nitrogens with zero attached hydrogens (tertiary/aromatic N) is 3. The molecular formula is C28H26F3N5O4S. The molecule has 0 spiro atoms. The molecule has 13 heteroatoms. The Kier molecular flexibility index (Phi) is 7.47. The van der Waals surface area contributed by atoms with Crippen LogP contribution in [0.15, 0.2) is 60.0 Å². The van der Waals surface area contributed by atoms with E-state index in [0.29, 0.717) is 5.75 Å². The van der Waals surface area contributed by atoms with Crippen LogP contribution in [-0.4, -0.2) is 26.8 Å². The molecule has 41 heavy (non-hydrogen) atoms. The van der Waals surface area contributed by atoms with Gasteiger partial charge < -0.3 is 15.4 Å². The number of aryl methyl sites for hydroxylation is 1. The number of fused-ring (bicyclic) bond motifs is 1. The molecule has 0 saturated carbocycles. The number of amides is 1. The molecule has 0 radical (unpaired) electrons. The van der Waals surface area contributed by atoms with Gasteiger partial charge in [-0.3, -0.25) is 14.9 Å². The highest BCUT2D eigenvalue weighted by atomic mass is 32.1. The van der Waals surface area contributed by atoms with Gasteiger partial charge in [0.1, 0.15) is 17.3 Å². The summed E-state index contributed by atoms with van der Waals surface area (Å²) in [7, 11) is 0. The number of halogens is 3. The van der Waals surface area contributed by atoms with Crippen LogP contribution in [0.4, 0.5) is 30.4 Å². The van der Waals surface area contributed by atoms with E-state index in [1.807, 2.05) is 39.0 Å². The van der Waals surface area contributed by atoms with Crippen molar-refractivity contribution in [3.8, 4) is 11.5 Å². The Balaban J connectivity index is 1.44. The van der Waals surface area contributed by atoms with Gasteiger partial charge in [0.25, 0.3) is 11.6 Å². The first-order valence-electron chi connectivity index (χ1n) is 12.7. The highest BCUT2D eigenvalue weighted by Gasteiger charge is 2.47. The van der Waals surface area contributed by atoms with E-state index in [0.717, 1.165) is 26.8 Å². The minimum atomic E-state index is -4.59. The number of benzene rings is 2. The van der Waals surface area contributed by atoms with Crippen molar-refractivity contribution in [2.75, 3.05) is 10.6 Å². The second-order valence-corrected chi connectivity index (χ2v) is 11.1. The first-order valence-corrected chi connectivity index (χ1v) is 13.6. The van der Waals surface area contributed by atoms with Crippen LogP contribution in [-0.2, 0) is 0 Å². The van der Waals surface area contributed by atoms with Crippen LogP contribution in [0, 0.1) is 17.0 Å². The number of nitrogens with one attached hydrogen (secondary N) is 2. The lowest BCUT2D eigenvalue weighted by Gasteiger charge is -2.32. The van der Waals surface area contributed by atoms with Crippen LogP contribution in [0.3, 0.4) is 0 Å². The maximum Gasteiger partial charge on any atom is 0.410 e. The lowest BCUT2D eigenvalue weighted by Crippen LogP contribution is -2.35. The molecule has 2 N–H and O–H groups in total. The lowest BCUT2D eigenvalue weighted by molar-refractivity contribution is -0.384. The van der Waals surface area contributed by atoms with Crippen molar-refractivity contribution in [1.29, 1.82) is 0 Å². The second-order valence-electron chi connectivity index (χ2n) is 10.1. The normalized spacial score (nSPS) is 16.7. The fourth-order valence-electron chi connectivity index (χ4n) is 4.71. The number of alkyl halides is 3. The number of carbonyl (C=O) groups excluding carboxylic acids is 1. The number of aromatic nitrogens is 2. The van der Waals surface area contributed by atoms with Gasteiger partial charge in [-0.25, -0.2) is 4.68 Å². The quantitative estimate of drug-likeness (QED) is 0.168. The number of nitro benzene ring substituents is 1. The zero-order valence-corrected chi connectivity index (χ0v) is 23.0. The molecule has 1 aliphatic rings. The number of hydrogen-bond acceptors (Lipinski definition) is 7. The fourth-order valence-corrected chi connectivity index (χ4v) is 5.50. The number of rotatable bonds is 7. The van der Waals surface area contributed by atoms with Gasteiger partial charge in [0.15, 0.2) is 11.7 Å². The molecular weight excluding hydrogens is 559 g/mol. The third-order valence-electron chi connectivity index (χ3n) is 6.69. The number of carbonyl (C=O) groups is 1. The maximum atomic E-state index is 14.0. The summed E-state index contributed by atoms with van der Waals surface area (Å²) in [5, 5.41) is 22.9. The van der Waals surface area contributed by atoms with Crippen LogP contribution in [0.1, 0.15) is 64.8 Å². The Morgan fingerprint density at radius 1 is 1.22 bits per heavy atom. The molecule has 0 aliphatic carbocycles. The highest BCUT2D eigenvalue weighted by molar-refractivity contribution is 7.10. The molecule has 4 aromatic rings. The molecule has 2 unspecified atom stereocenters. The molecule has 2 aromatic carbocycles. The van der Waals surface area contributed by atoms with E-state index >= 15 is 0 Å². The van der Waals surface area contributed by atoms with Gasteiger partial charge in [-0.1, -0.05) is 32.0 Å². The van der Waals surface area contributed by atoms with Crippen molar-refractivity contribution in [1.82, 2.24) is 9.78 Å². The number of non-ortho nitro benzene ring substituents is 1. The van der Waals surface area contributed by atoms with Gasteiger partial charge in [0.05, 0.1) is 22.7 Å². The van der Waals surface area contributed by atoms with E-state index in [9.17, 15) is 28.1 Å². The van der Waals surface area contributed by atoms with Crippen molar-refractivity contribution >= 4 is 34.4 Å². The van der Waals surface area contributed by atoms with E-state index in [-0.39, 0.29) is 41.0 Å². The molecule has 9 nitrogen and oxygen atoms in total. The summed E-state index contributed by atoms with van der Waals surface area (Å²) >= 11 is 1.33. The van der Waals surface area contributed by atoms with Gasteiger partial charge in [-0.15, -0.1) is 11.3 Å². The predicted molar refractivity (Wildman–Crippen MR) is 149 cm³/mol. The average molecular weight is 586 g/mol. The number of ether oxygens (including phenoxy) is 1. The van der Waals surface area contributed by atoms with Gasteiger partial charge in [0, 0.05) is 29.5 Å². The molecule has 0 bridgehead atoms. The van der Waals surface area contributed by atoms with Crippen molar-refractivity contribution in [2.24, 2.45) is 0 Å². The van der Waals surface area contributed by atoms with Crippen LogP contribution >= 0.6 is 11.3 Å². The van der Waals surface area contributed by atoms with E-state index in [1.165, 1.54) is 29.5 Å².